The van der Waals surface area contributed by atoms with Crippen LogP contribution in [0.3, 0.4) is 0 Å². The molecule has 2 aromatic rings. The number of nitrogens with one attached hydrogen (secondary N) is 2. The van der Waals surface area contributed by atoms with Crippen molar-refractivity contribution in [1.29, 1.82) is 0 Å². The summed E-state index contributed by atoms with van der Waals surface area (Å²) >= 11 is 0. The summed E-state index contributed by atoms with van der Waals surface area (Å²) in [5.41, 5.74) is 8.27. The van der Waals surface area contributed by atoms with Crippen molar-refractivity contribution in [2.45, 2.75) is 24.9 Å². The number of hydrogen-bond acceptors (Lipinski definition) is 7. The largest absolute Gasteiger partial charge is 0.508 e. The Labute approximate surface area is 172 Å². The standard InChI is InChI=1S/C21H23N3O6/c1-30-21(29)16-9-14-7-12(3-5-18(14)26)11-2-4-17(25)13(6-11)8-15(22)20(28)23-10-19(27)24-16/h2-7,15-16,25-26H,8-10,22H2,1H3,(H,23,28)(H,24,27)/t15?,16-/m0/s1. The average Bonchev–Trinajstić information content (AvgIpc) is 2.73. The first-order valence-electron chi connectivity index (χ1n) is 9.33. The van der Waals surface area contributed by atoms with Gasteiger partial charge in [0.15, 0.2) is 0 Å². The van der Waals surface area contributed by atoms with E-state index in [2.05, 4.69) is 10.6 Å². The van der Waals surface area contributed by atoms with Crippen LogP contribution in [0.4, 0.5) is 0 Å². The van der Waals surface area contributed by atoms with Crippen molar-refractivity contribution in [3.05, 3.63) is 47.5 Å². The molecule has 0 fully saturated rings. The van der Waals surface area contributed by atoms with Crippen LogP contribution in [0.25, 0.3) is 11.1 Å². The van der Waals surface area contributed by atoms with Crippen molar-refractivity contribution in [1.82, 2.24) is 10.6 Å². The zero-order valence-electron chi connectivity index (χ0n) is 16.3. The number of carbonyl (C=O) groups excluding carboxylic acids is 3. The summed E-state index contributed by atoms with van der Waals surface area (Å²) in [5, 5.41) is 25.4. The van der Waals surface area contributed by atoms with Crippen molar-refractivity contribution in [2.24, 2.45) is 5.73 Å². The molecule has 2 amide bonds. The van der Waals surface area contributed by atoms with E-state index in [9.17, 15) is 24.6 Å². The molecule has 0 aliphatic carbocycles. The number of hydrogen-bond donors (Lipinski definition) is 5. The molecule has 158 valence electrons. The number of ether oxygens (including phenoxy) is 1. The van der Waals surface area contributed by atoms with E-state index in [-0.39, 0.29) is 24.3 Å². The van der Waals surface area contributed by atoms with Gasteiger partial charge in [0.25, 0.3) is 0 Å². The number of phenolic OH excluding ortho intramolecular Hbond substituents is 2. The van der Waals surface area contributed by atoms with Crippen LogP contribution in [0.15, 0.2) is 36.4 Å². The quantitative estimate of drug-likeness (QED) is 0.412. The first kappa shape index (κ1) is 21.1. The van der Waals surface area contributed by atoms with Crippen molar-refractivity contribution >= 4 is 17.8 Å². The first-order chi connectivity index (χ1) is 14.3. The van der Waals surface area contributed by atoms with Crippen molar-refractivity contribution in [3.8, 4) is 22.6 Å². The summed E-state index contributed by atoms with van der Waals surface area (Å²) in [6.45, 7) is -0.391. The molecular formula is C21H23N3O6. The summed E-state index contributed by atoms with van der Waals surface area (Å²) in [5.74, 6) is -1.92. The molecule has 2 atom stereocenters. The number of nitrogens with two attached hydrogens (primary N) is 1. The van der Waals surface area contributed by atoms with Crippen molar-refractivity contribution < 1.29 is 29.3 Å². The minimum atomic E-state index is -1.06. The van der Waals surface area contributed by atoms with Crippen molar-refractivity contribution in [3.63, 3.8) is 0 Å². The van der Waals surface area contributed by atoms with Crippen LogP contribution in [-0.2, 0) is 32.0 Å². The highest BCUT2D eigenvalue weighted by Crippen LogP contribution is 2.30. The maximum absolute atomic E-state index is 12.2. The summed E-state index contributed by atoms with van der Waals surface area (Å²) in [7, 11) is 1.19. The van der Waals surface area contributed by atoms with Gasteiger partial charge in [-0.15, -0.1) is 0 Å². The van der Waals surface area contributed by atoms with Gasteiger partial charge in [-0.05, 0) is 46.5 Å². The Bertz CT molecular complexity index is 991. The highest BCUT2D eigenvalue weighted by molar-refractivity contribution is 5.90. The fraction of sp³-hybridized carbons (Fsp3) is 0.286. The van der Waals surface area contributed by atoms with Gasteiger partial charge in [-0.3, -0.25) is 9.59 Å². The number of methoxy groups -OCH3 is 1. The van der Waals surface area contributed by atoms with Gasteiger partial charge in [-0.25, -0.2) is 4.79 Å². The number of amides is 2. The monoisotopic (exact) mass is 413 g/mol. The van der Waals surface area contributed by atoms with E-state index >= 15 is 0 Å². The minimum Gasteiger partial charge on any atom is -0.508 e. The second kappa shape index (κ2) is 8.83. The molecule has 0 aromatic heterocycles. The SMILES string of the molecule is COC(=O)[C@@H]1Cc2cc(ccc2O)-c2ccc(O)c(c2)CC(N)C(=O)NCC(=O)N1. The number of aromatic hydroxyl groups is 2. The second-order valence-corrected chi connectivity index (χ2v) is 7.06. The molecule has 30 heavy (non-hydrogen) atoms. The zero-order valence-corrected chi connectivity index (χ0v) is 16.3. The smallest absolute Gasteiger partial charge is 0.328 e. The van der Waals surface area contributed by atoms with Gasteiger partial charge in [0, 0.05) is 12.8 Å². The van der Waals surface area contributed by atoms with Crippen LogP contribution < -0.4 is 16.4 Å². The highest BCUT2D eigenvalue weighted by Gasteiger charge is 2.25. The van der Waals surface area contributed by atoms with E-state index in [1.807, 2.05) is 0 Å². The Morgan fingerprint density at radius 2 is 1.60 bits per heavy atom. The molecule has 6 N–H and O–H groups in total. The molecule has 4 bridgehead atoms. The Hall–Kier alpha value is -3.59. The van der Waals surface area contributed by atoms with E-state index < -0.39 is 36.4 Å². The molecule has 1 heterocycles. The summed E-state index contributed by atoms with van der Waals surface area (Å²) < 4.78 is 4.76. The lowest BCUT2D eigenvalue weighted by molar-refractivity contribution is -0.145. The van der Waals surface area contributed by atoms with Crippen LogP contribution in [0, 0.1) is 0 Å². The van der Waals surface area contributed by atoms with Crippen LogP contribution in [0.2, 0.25) is 0 Å². The lowest BCUT2D eigenvalue weighted by Crippen LogP contribution is -2.49. The van der Waals surface area contributed by atoms with E-state index in [0.717, 1.165) is 5.56 Å². The summed E-state index contributed by atoms with van der Waals surface area (Å²) in [6, 6.07) is 7.72. The van der Waals surface area contributed by atoms with Gasteiger partial charge in [0.2, 0.25) is 11.8 Å². The van der Waals surface area contributed by atoms with Crippen molar-refractivity contribution in [2.75, 3.05) is 13.7 Å². The molecule has 0 saturated heterocycles. The summed E-state index contributed by atoms with van der Waals surface area (Å²) in [6.07, 6.45) is 0.0410. The maximum atomic E-state index is 12.2. The maximum Gasteiger partial charge on any atom is 0.328 e. The van der Waals surface area contributed by atoms with E-state index in [4.69, 9.17) is 10.5 Å². The normalized spacial score (nSPS) is 19.7. The molecule has 0 spiro atoms. The molecule has 1 aliphatic rings. The number of rotatable bonds is 1. The van der Waals surface area contributed by atoms with E-state index in [1.165, 1.54) is 19.2 Å². The van der Waals surface area contributed by atoms with Gasteiger partial charge in [-0.1, -0.05) is 12.1 Å². The molecular weight excluding hydrogens is 390 g/mol. The van der Waals surface area contributed by atoms with Gasteiger partial charge >= 0.3 is 5.97 Å². The third-order valence-corrected chi connectivity index (χ3v) is 4.94. The molecule has 2 aromatic carbocycles. The Morgan fingerprint density at radius 1 is 1.03 bits per heavy atom. The predicted molar refractivity (Wildman–Crippen MR) is 108 cm³/mol. The highest BCUT2D eigenvalue weighted by atomic mass is 16.5. The molecule has 1 aliphatic heterocycles. The third-order valence-electron chi connectivity index (χ3n) is 4.94. The first-order valence-corrected chi connectivity index (χ1v) is 9.33. The van der Waals surface area contributed by atoms with Crippen LogP contribution >= 0.6 is 0 Å². The predicted octanol–water partition coefficient (Wildman–Crippen LogP) is -0.0353. The van der Waals surface area contributed by atoms with E-state index in [1.54, 1.807) is 24.3 Å². The van der Waals surface area contributed by atoms with Gasteiger partial charge in [0.1, 0.15) is 17.5 Å². The second-order valence-electron chi connectivity index (χ2n) is 7.06. The number of benzene rings is 2. The number of esters is 1. The van der Waals surface area contributed by atoms with Gasteiger partial charge < -0.3 is 31.3 Å². The van der Waals surface area contributed by atoms with Crippen LogP contribution in [0.5, 0.6) is 11.5 Å². The molecule has 3 rings (SSSR count). The third kappa shape index (κ3) is 4.69. The number of fused-ring (bicyclic) bond motifs is 5. The van der Waals surface area contributed by atoms with Gasteiger partial charge in [-0.2, -0.15) is 0 Å². The Balaban J connectivity index is 2.08. The number of phenols is 2. The van der Waals surface area contributed by atoms with Crippen LogP contribution in [0.1, 0.15) is 11.1 Å². The lowest BCUT2D eigenvalue weighted by atomic mass is 9.95. The lowest BCUT2D eigenvalue weighted by Gasteiger charge is -2.18. The zero-order chi connectivity index (χ0) is 21.8. The minimum absolute atomic E-state index is 0.00573. The fourth-order valence-electron chi connectivity index (χ4n) is 3.29. The Morgan fingerprint density at radius 3 is 2.17 bits per heavy atom. The Kier molecular flexibility index (Phi) is 6.22. The topological polar surface area (TPSA) is 151 Å². The molecule has 9 heteroatoms. The van der Waals surface area contributed by atoms with E-state index in [0.29, 0.717) is 16.7 Å². The molecule has 1 unspecified atom stereocenters. The summed E-state index contributed by atoms with van der Waals surface area (Å²) in [4.78, 5) is 36.6. The molecule has 0 radical (unpaired) electrons. The molecule has 0 saturated carbocycles. The van der Waals surface area contributed by atoms with Gasteiger partial charge in [0.05, 0.1) is 19.7 Å². The average molecular weight is 413 g/mol. The number of carbonyl (C=O) groups is 3. The van der Waals surface area contributed by atoms with Crippen LogP contribution in [-0.4, -0.2) is 53.7 Å². The fourth-order valence-corrected chi connectivity index (χ4v) is 3.29. The molecule has 9 nitrogen and oxygen atoms in total.